The van der Waals surface area contributed by atoms with E-state index in [0.29, 0.717) is 0 Å². The van der Waals surface area contributed by atoms with Gasteiger partial charge in [-0.25, -0.2) is 8.78 Å². The highest BCUT2D eigenvalue weighted by atomic mass is 35.5. The summed E-state index contributed by atoms with van der Waals surface area (Å²) in [7, 11) is 0. The zero-order chi connectivity index (χ0) is 9.14. The number of nitrogens with two attached hydrogens (primary N) is 1. The van der Waals surface area contributed by atoms with E-state index in [4.69, 9.17) is 17.3 Å². The van der Waals surface area contributed by atoms with Crippen LogP contribution in [0.5, 0.6) is 0 Å². The van der Waals surface area contributed by atoms with E-state index >= 15 is 0 Å². The summed E-state index contributed by atoms with van der Waals surface area (Å²) in [6.45, 7) is -0.224. The second-order valence-electron chi connectivity index (χ2n) is 2.37. The average molecular weight is 228 g/mol. The van der Waals surface area contributed by atoms with E-state index in [0.717, 1.165) is 6.07 Å². The van der Waals surface area contributed by atoms with Crippen molar-refractivity contribution in [3.05, 3.63) is 34.6 Å². The highest BCUT2D eigenvalue weighted by Crippen LogP contribution is 2.22. The molecule has 1 nitrogen and oxygen atoms in total. The van der Waals surface area contributed by atoms with Crippen LogP contribution in [0.2, 0.25) is 5.02 Å². The molecule has 0 spiro atoms. The summed E-state index contributed by atoms with van der Waals surface area (Å²) in [5, 5.41) is 0.250. The predicted molar refractivity (Wildman–Crippen MR) is 51.6 cm³/mol. The van der Waals surface area contributed by atoms with Gasteiger partial charge in [0.2, 0.25) is 0 Å². The molecule has 0 amide bonds. The highest BCUT2D eigenvalue weighted by Gasteiger charge is 2.12. The van der Waals surface area contributed by atoms with Crippen molar-refractivity contribution in [2.75, 3.05) is 6.54 Å². The Labute approximate surface area is 86.3 Å². The fraction of sp³-hybridized carbons (Fsp3) is 0.250. The van der Waals surface area contributed by atoms with E-state index in [9.17, 15) is 8.78 Å². The Morgan fingerprint density at radius 1 is 1.46 bits per heavy atom. The third-order valence-corrected chi connectivity index (χ3v) is 1.74. The Balaban J connectivity index is 0.00000144. The van der Waals surface area contributed by atoms with Crippen molar-refractivity contribution in [1.82, 2.24) is 0 Å². The van der Waals surface area contributed by atoms with Crippen LogP contribution < -0.4 is 5.73 Å². The van der Waals surface area contributed by atoms with Gasteiger partial charge in [0.05, 0.1) is 0 Å². The topological polar surface area (TPSA) is 26.0 Å². The molecule has 1 atom stereocenters. The predicted octanol–water partition coefficient (Wildman–Crippen LogP) is 2.87. The molecule has 0 aliphatic carbocycles. The normalized spacial score (nSPS) is 12.0. The van der Waals surface area contributed by atoms with Gasteiger partial charge < -0.3 is 5.73 Å². The van der Waals surface area contributed by atoms with E-state index in [2.05, 4.69) is 0 Å². The molecular weight excluding hydrogens is 219 g/mol. The van der Waals surface area contributed by atoms with Crippen molar-refractivity contribution in [2.24, 2.45) is 5.73 Å². The minimum Gasteiger partial charge on any atom is -0.327 e. The first-order valence-electron chi connectivity index (χ1n) is 3.44. The first-order chi connectivity index (χ1) is 5.65. The minimum atomic E-state index is -1.46. The Hall–Kier alpha value is -0.380. The minimum absolute atomic E-state index is 0. The molecular formula is C8H9Cl2F2N. The average Bonchev–Trinajstić information content (AvgIpc) is 2.03. The Bertz CT molecular complexity index is 281. The fourth-order valence-corrected chi connectivity index (χ4v) is 1.04. The second-order valence-corrected chi connectivity index (χ2v) is 2.81. The van der Waals surface area contributed by atoms with Crippen LogP contribution in [0.25, 0.3) is 0 Å². The number of halogens is 4. The SMILES string of the molecule is Cl.NCC(F)c1ccc(Cl)cc1F. The Kier molecular flexibility index (Phi) is 5.21. The maximum Gasteiger partial charge on any atom is 0.140 e. The van der Waals surface area contributed by atoms with Crippen molar-refractivity contribution >= 4 is 24.0 Å². The van der Waals surface area contributed by atoms with Crippen LogP contribution in [0.1, 0.15) is 11.7 Å². The van der Waals surface area contributed by atoms with Gasteiger partial charge in [0.1, 0.15) is 12.0 Å². The van der Waals surface area contributed by atoms with Crippen LogP contribution in [0.3, 0.4) is 0 Å². The van der Waals surface area contributed by atoms with Crippen LogP contribution in [-0.2, 0) is 0 Å². The van der Waals surface area contributed by atoms with Crippen molar-refractivity contribution < 1.29 is 8.78 Å². The number of rotatable bonds is 2. The number of benzene rings is 1. The summed E-state index contributed by atoms with van der Waals surface area (Å²) in [6.07, 6.45) is -1.46. The zero-order valence-electron chi connectivity index (χ0n) is 6.64. The van der Waals surface area contributed by atoms with E-state index in [1.165, 1.54) is 12.1 Å². The van der Waals surface area contributed by atoms with E-state index in [-0.39, 0.29) is 29.5 Å². The lowest BCUT2D eigenvalue weighted by Gasteiger charge is -2.06. The molecule has 0 aromatic heterocycles. The van der Waals surface area contributed by atoms with E-state index in [1.54, 1.807) is 0 Å². The van der Waals surface area contributed by atoms with Crippen molar-refractivity contribution in [3.63, 3.8) is 0 Å². The molecule has 0 aliphatic rings. The smallest absolute Gasteiger partial charge is 0.140 e. The molecule has 13 heavy (non-hydrogen) atoms. The molecule has 0 heterocycles. The fourth-order valence-electron chi connectivity index (χ4n) is 0.883. The van der Waals surface area contributed by atoms with Gasteiger partial charge in [-0.2, -0.15) is 0 Å². The van der Waals surface area contributed by atoms with E-state index in [1.807, 2.05) is 0 Å². The van der Waals surface area contributed by atoms with Gasteiger partial charge in [0.15, 0.2) is 0 Å². The highest BCUT2D eigenvalue weighted by molar-refractivity contribution is 6.30. The second kappa shape index (κ2) is 5.37. The maximum atomic E-state index is 12.9. The summed E-state index contributed by atoms with van der Waals surface area (Å²) in [6, 6.07) is 3.80. The monoisotopic (exact) mass is 227 g/mol. The van der Waals surface area contributed by atoms with Gasteiger partial charge in [0, 0.05) is 17.1 Å². The lowest BCUT2D eigenvalue weighted by molar-refractivity contribution is 0.341. The molecule has 0 aliphatic heterocycles. The molecule has 74 valence electrons. The standard InChI is InChI=1S/C8H8ClF2N.ClH/c9-5-1-2-6(7(10)3-5)8(11)4-12;/h1-3,8H,4,12H2;1H. The Morgan fingerprint density at radius 2 is 2.08 bits per heavy atom. The summed E-state index contributed by atoms with van der Waals surface area (Å²) in [5.74, 6) is -0.652. The molecule has 0 bridgehead atoms. The number of hydrogen-bond acceptors (Lipinski definition) is 1. The maximum absolute atomic E-state index is 12.9. The van der Waals surface area contributed by atoms with Crippen molar-refractivity contribution in [2.45, 2.75) is 6.17 Å². The summed E-state index contributed by atoms with van der Waals surface area (Å²) < 4.78 is 25.8. The van der Waals surface area contributed by atoms with E-state index < -0.39 is 12.0 Å². The van der Waals surface area contributed by atoms with Crippen LogP contribution >= 0.6 is 24.0 Å². The van der Waals surface area contributed by atoms with Gasteiger partial charge in [0.25, 0.3) is 0 Å². The lowest BCUT2D eigenvalue weighted by Crippen LogP contribution is -2.09. The number of alkyl halides is 1. The molecule has 0 saturated heterocycles. The molecule has 1 aromatic carbocycles. The van der Waals surface area contributed by atoms with Crippen molar-refractivity contribution in [1.29, 1.82) is 0 Å². The molecule has 1 aromatic rings. The molecule has 0 fully saturated rings. The van der Waals surface area contributed by atoms with Crippen molar-refractivity contribution in [3.8, 4) is 0 Å². The largest absolute Gasteiger partial charge is 0.327 e. The van der Waals surface area contributed by atoms with Crippen LogP contribution in [-0.4, -0.2) is 6.54 Å². The number of hydrogen-bond donors (Lipinski definition) is 1. The van der Waals surface area contributed by atoms with Crippen LogP contribution in [0.15, 0.2) is 18.2 Å². The lowest BCUT2D eigenvalue weighted by atomic mass is 10.1. The molecule has 1 rings (SSSR count). The first kappa shape index (κ1) is 12.6. The molecule has 0 saturated carbocycles. The van der Waals surface area contributed by atoms with Gasteiger partial charge in [-0.3, -0.25) is 0 Å². The third kappa shape index (κ3) is 3.10. The molecule has 0 radical (unpaired) electrons. The third-order valence-electron chi connectivity index (χ3n) is 1.51. The summed E-state index contributed by atoms with van der Waals surface area (Å²) >= 11 is 5.47. The Morgan fingerprint density at radius 3 is 2.54 bits per heavy atom. The molecule has 1 unspecified atom stereocenters. The van der Waals surface area contributed by atoms with Gasteiger partial charge in [-0.1, -0.05) is 17.7 Å². The van der Waals surface area contributed by atoms with Gasteiger partial charge in [-0.15, -0.1) is 12.4 Å². The molecule has 5 heteroatoms. The van der Waals surface area contributed by atoms with Gasteiger partial charge in [-0.05, 0) is 12.1 Å². The first-order valence-corrected chi connectivity index (χ1v) is 3.82. The van der Waals surface area contributed by atoms with Crippen LogP contribution in [0.4, 0.5) is 8.78 Å². The quantitative estimate of drug-likeness (QED) is 0.827. The summed E-state index contributed by atoms with van der Waals surface area (Å²) in [5.41, 5.74) is 5.00. The van der Waals surface area contributed by atoms with Crippen LogP contribution in [0, 0.1) is 5.82 Å². The molecule has 2 N–H and O–H groups in total. The zero-order valence-corrected chi connectivity index (χ0v) is 8.21. The van der Waals surface area contributed by atoms with Gasteiger partial charge >= 0.3 is 0 Å². The summed E-state index contributed by atoms with van der Waals surface area (Å²) in [4.78, 5) is 0.